The molecule has 4 rings (SSSR count). The van der Waals surface area contributed by atoms with E-state index in [1.54, 1.807) is 24.3 Å². The number of anilines is 1. The molecule has 0 unspecified atom stereocenters. The Kier molecular flexibility index (Phi) is 5.75. The summed E-state index contributed by atoms with van der Waals surface area (Å²) >= 11 is 0. The number of rotatable bonds is 4. The Morgan fingerprint density at radius 2 is 1.68 bits per heavy atom. The number of para-hydroxylation sites is 1. The van der Waals surface area contributed by atoms with Gasteiger partial charge >= 0.3 is 6.18 Å². The van der Waals surface area contributed by atoms with Crippen molar-refractivity contribution in [2.24, 2.45) is 0 Å². The van der Waals surface area contributed by atoms with Gasteiger partial charge in [-0.25, -0.2) is 14.4 Å². The fraction of sp³-hybridized carbons (Fsp3) is 0.318. The van der Waals surface area contributed by atoms with Gasteiger partial charge in [-0.1, -0.05) is 24.3 Å². The van der Waals surface area contributed by atoms with Gasteiger partial charge in [-0.2, -0.15) is 13.2 Å². The summed E-state index contributed by atoms with van der Waals surface area (Å²) in [5.74, 6) is -2.19. The van der Waals surface area contributed by atoms with E-state index >= 15 is 0 Å². The van der Waals surface area contributed by atoms with Crippen LogP contribution < -0.4 is 10.6 Å². The topological polar surface area (TPSA) is 66.9 Å². The SMILES string of the molecule is O=C(N[C@@H]1CCC[C@H](Nc2nc(C(F)(F)F)nc3ccccc23)C1)c1ccccc1F. The van der Waals surface area contributed by atoms with Gasteiger partial charge in [0.2, 0.25) is 5.82 Å². The van der Waals surface area contributed by atoms with E-state index in [4.69, 9.17) is 0 Å². The molecule has 162 valence electrons. The number of carbonyl (C=O) groups excluding carboxylic acids is 1. The van der Waals surface area contributed by atoms with Gasteiger partial charge in [0.25, 0.3) is 5.91 Å². The van der Waals surface area contributed by atoms with Crippen LogP contribution in [0.5, 0.6) is 0 Å². The lowest BCUT2D eigenvalue weighted by atomic mass is 9.90. The molecule has 9 heteroatoms. The minimum atomic E-state index is -4.66. The van der Waals surface area contributed by atoms with Crippen molar-refractivity contribution >= 4 is 22.6 Å². The van der Waals surface area contributed by atoms with Crippen molar-refractivity contribution in [3.05, 3.63) is 65.7 Å². The average Bonchev–Trinajstić information content (AvgIpc) is 2.73. The molecule has 2 N–H and O–H groups in total. The van der Waals surface area contributed by atoms with Crippen LogP contribution in [0.1, 0.15) is 41.9 Å². The zero-order chi connectivity index (χ0) is 22.0. The molecule has 1 saturated carbocycles. The highest BCUT2D eigenvalue weighted by atomic mass is 19.4. The lowest BCUT2D eigenvalue weighted by molar-refractivity contribution is -0.144. The fourth-order valence-corrected chi connectivity index (χ4v) is 3.87. The Balaban J connectivity index is 1.51. The minimum absolute atomic E-state index is 0.0332. The van der Waals surface area contributed by atoms with E-state index in [1.807, 2.05) is 0 Å². The second kappa shape index (κ2) is 8.49. The largest absolute Gasteiger partial charge is 0.451 e. The number of carbonyl (C=O) groups is 1. The summed E-state index contributed by atoms with van der Waals surface area (Å²) in [7, 11) is 0. The molecule has 1 fully saturated rings. The molecule has 0 bridgehead atoms. The van der Waals surface area contributed by atoms with Gasteiger partial charge in [-0.05, 0) is 49.9 Å². The summed E-state index contributed by atoms with van der Waals surface area (Å²) in [6.45, 7) is 0. The first-order valence-electron chi connectivity index (χ1n) is 9.97. The molecule has 31 heavy (non-hydrogen) atoms. The zero-order valence-electron chi connectivity index (χ0n) is 16.4. The Morgan fingerprint density at radius 1 is 0.968 bits per heavy atom. The third-order valence-electron chi connectivity index (χ3n) is 5.33. The highest BCUT2D eigenvalue weighted by molar-refractivity contribution is 5.94. The molecule has 1 amide bonds. The molecule has 5 nitrogen and oxygen atoms in total. The maximum Gasteiger partial charge on any atom is 0.451 e. The molecule has 0 radical (unpaired) electrons. The first kappa shape index (κ1) is 21.0. The van der Waals surface area contributed by atoms with E-state index in [-0.39, 0.29) is 29.0 Å². The lowest BCUT2D eigenvalue weighted by Gasteiger charge is -2.31. The normalized spacial score (nSPS) is 19.2. The monoisotopic (exact) mass is 432 g/mol. The van der Waals surface area contributed by atoms with E-state index in [0.717, 1.165) is 6.42 Å². The number of halogens is 4. The number of hydrogen-bond acceptors (Lipinski definition) is 4. The molecule has 0 aliphatic heterocycles. The van der Waals surface area contributed by atoms with Gasteiger partial charge in [-0.3, -0.25) is 4.79 Å². The van der Waals surface area contributed by atoms with Crippen LogP contribution in [-0.4, -0.2) is 28.0 Å². The first-order valence-corrected chi connectivity index (χ1v) is 9.97. The van der Waals surface area contributed by atoms with Gasteiger partial charge in [0, 0.05) is 17.5 Å². The molecular formula is C22H20F4N4O. The number of hydrogen-bond donors (Lipinski definition) is 2. The predicted molar refractivity (Wildman–Crippen MR) is 108 cm³/mol. The van der Waals surface area contributed by atoms with Crippen LogP contribution >= 0.6 is 0 Å². The summed E-state index contributed by atoms with van der Waals surface area (Å²) in [5.41, 5.74) is 0.168. The maximum atomic E-state index is 13.9. The molecule has 1 heterocycles. The minimum Gasteiger partial charge on any atom is -0.367 e. The second-order valence-electron chi connectivity index (χ2n) is 7.57. The molecule has 1 aliphatic rings. The Labute approximate surface area is 175 Å². The summed E-state index contributed by atoms with van der Waals surface area (Å²) < 4.78 is 53.6. The van der Waals surface area contributed by atoms with Crippen molar-refractivity contribution < 1.29 is 22.4 Å². The van der Waals surface area contributed by atoms with Gasteiger partial charge in [0.1, 0.15) is 11.6 Å². The number of benzene rings is 2. The van der Waals surface area contributed by atoms with Crippen LogP contribution in [0.15, 0.2) is 48.5 Å². The van der Waals surface area contributed by atoms with E-state index in [9.17, 15) is 22.4 Å². The number of fused-ring (bicyclic) bond motifs is 1. The fourth-order valence-electron chi connectivity index (χ4n) is 3.87. The van der Waals surface area contributed by atoms with Gasteiger partial charge < -0.3 is 10.6 Å². The number of alkyl halides is 3. The van der Waals surface area contributed by atoms with Gasteiger partial charge in [-0.15, -0.1) is 0 Å². The Bertz CT molecular complexity index is 1100. The molecule has 1 aliphatic carbocycles. The van der Waals surface area contributed by atoms with Crippen LogP contribution in [-0.2, 0) is 6.18 Å². The molecule has 2 atom stereocenters. The Hall–Kier alpha value is -3.23. The highest BCUT2D eigenvalue weighted by Crippen LogP contribution is 2.31. The third kappa shape index (κ3) is 4.76. The predicted octanol–water partition coefficient (Wildman–Crippen LogP) is 4.94. The van der Waals surface area contributed by atoms with Crippen molar-refractivity contribution in [2.45, 2.75) is 43.9 Å². The number of aromatic nitrogens is 2. The average molecular weight is 432 g/mol. The quantitative estimate of drug-likeness (QED) is 0.573. The van der Waals surface area contributed by atoms with Gasteiger partial charge in [0.05, 0.1) is 11.1 Å². The van der Waals surface area contributed by atoms with Crippen LogP contribution in [0, 0.1) is 5.82 Å². The maximum absolute atomic E-state index is 13.9. The third-order valence-corrected chi connectivity index (χ3v) is 5.33. The molecular weight excluding hydrogens is 412 g/mol. The summed E-state index contributed by atoms with van der Waals surface area (Å²) in [6, 6.07) is 11.8. The van der Waals surface area contributed by atoms with E-state index in [0.29, 0.717) is 24.6 Å². The van der Waals surface area contributed by atoms with Crippen molar-refractivity contribution in [1.82, 2.24) is 15.3 Å². The molecule has 0 spiro atoms. The van der Waals surface area contributed by atoms with Crippen molar-refractivity contribution in [2.75, 3.05) is 5.32 Å². The number of amides is 1. The summed E-state index contributed by atoms with van der Waals surface area (Å²) in [5, 5.41) is 6.44. The van der Waals surface area contributed by atoms with Crippen molar-refractivity contribution in [3.63, 3.8) is 0 Å². The molecule has 3 aromatic rings. The lowest BCUT2D eigenvalue weighted by Crippen LogP contribution is -2.42. The van der Waals surface area contributed by atoms with E-state index in [1.165, 1.54) is 24.3 Å². The molecule has 0 saturated heterocycles. The molecule has 1 aromatic heterocycles. The van der Waals surface area contributed by atoms with Crippen molar-refractivity contribution in [1.29, 1.82) is 0 Å². The highest BCUT2D eigenvalue weighted by Gasteiger charge is 2.36. The molecule has 2 aromatic carbocycles. The smallest absolute Gasteiger partial charge is 0.367 e. The van der Waals surface area contributed by atoms with Crippen LogP contribution in [0.3, 0.4) is 0 Å². The second-order valence-corrected chi connectivity index (χ2v) is 7.57. The number of nitrogens with one attached hydrogen (secondary N) is 2. The summed E-state index contributed by atoms with van der Waals surface area (Å²) in [4.78, 5) is 19.8. The Morgan fingerprint density at radius 3 is 2.45 bits per heavy atom. The zero-order valence-corrected chi connectivity index (χ0v) is 16.4. The number of nitrogens with zero attached hydrogens (tertiary/aromatic N) is 2. The van der Waals surface area contributed by atoms with Crippen molar-refractivity contribution in [3.8, 4) is 0 Å². The van der Waals surface area contributed by atoms with E-state index < -0.39 is 23.7 Å². The van der Waals surface area contributed by atoms with Gasteiger partial charge in [0.15, 0.2) is 0 Å². The van der Waals surface area contributed by atoms with E-state index in [2.05, 4.69) is 20.6 Å². The summed E-state index contributed by atoms with van der Waals surface area (Å²) in [6.07, 6.45) is -2.00. The standard InChI is InChI=1S/C22H20F4N4O/c23-17-10-3-1-8-15(17)20(31)28-14-7-5-6-13(12-14)27-19-16-9-2-4-11-18(16)29-21(30-19)22(24,25)26/h1-4,8-11,13-14H,5-7,12H2,(H,28,31)(H,27,29,30)/t13-,14+/m0/s1. The van der Waals surface area contributed by atoms with Crippen LogP contribution in [0.4, 0.5) is 23.4 Å². The van der Waals surface area contributed by atoms with Crippen LogP contribution in [0.25, 0.3) is 10.9 Å². The van der Waals surface area contributed by atoms with Crippen LogP contribution in [0.2, 0.25) is 0 Å². The first-order chi connectivity index (χ1) is 14.8.